The van der Waals surface area contributed by atoms with Crippen molar-refractivity contribution in [3.63, 3.8) is 0 Å². The summed E-state index contributed by atoms with van der Waals surface area (Å²) in [6, 6.07) is 12.4. The van der Waals surface area contributed by atoms with Crippen LogP contribution in [0.3, 0.4) is 0 Å². The lowest BCUT2D eigenvalue weighted by Gasteiger charge is -2.20. The largest absolute Gasteiger partial charge is 0.497 e. The number of carbonyl (C=O) groups is 1. The molecule has 2 aromatic carbocycles. The van der Waals surface area contributed by atoms with Crippen LogP contribution in [0, 0.1) is 0 Å². The topological polar surface area (TPSA) is 102 Å². The van der Waals surface area contributed by atoms with Gasteiger partial charge in [0, 0.05) is 24.7 Å². The monoisotopic (exact) mass is 441 g/mol. The Hall–Kier alpha value is -2.33. The first-order chi connectivity index (χ1) is 13.4. The number of methoxy groups -OCH3 is 2. The van der Waals surface area contributed by atoms with Crippen molar-refractivity contribution in [2.75, 3.05) is 20.8 Å². The van der Waals surface area contributed by atoms with Gasteiger partial charge in [0.1, 0.15) is 11.5 Å². The predicted molar refractivity (Wildman–Crippen MR) is 111 cm³/mol. The molecule has 1 saturated heterocycles. The fourth-order valence-corrected chi connectivity index (χ4v) is 4.49. The molecule has 0 radical (unpaired) electrons. The number of ether oxygens (including phenoxy) is 2. The van der Waals surface area contributed by atoms with Crippen molar-refractivity contribution in [3.8, 4) is 11.5 Å². The van der Waals surface area contributed by atoms with Gasteiger partial charge in [0.25, 0.3) is 5.91 Å². The summed E-state index contributed by atoms with van der Waals surface area (Å²) < 4.78 is 38.3. The molecule has 0 aromatic heterocycles. The molecule has 1 aliphatic rings. The molecule has 0 aliphatic carbocycles. The van der Waals surface area contributed by atoms with E-state index in [2.05, 4.69) is 0 Å². The van der Waals surface area contributed by atoms with Crippen molar-refractivity contribution in [1.29, 1.82) is 0 Å². The summed E-state index contributed by atoms with van der Waals surface area (Å²) in [5, 5.41) is 0. The summed E-state index contributed by atoms with van der Waals surface area (Å²) in [6.07, 6.45) is 0. The first-order valence-corrected chi connectivity index (χ1v) is 10.1. The van der Waals surface area contributed by atoms with E-state index < -0.39 is 16.1 Å². The zero-order valence-corrected chi connectivity index (χ0v) is 17.8. The quantitative estimate of drug-likeness (QED) is 0.701. The number of nitrogens with zero attached hydrogens (tertiary/aromatic N) is 2. The molecular formula is C19H24ClN3O5S. The normalized spacial score (nSPS) is 15.8. The molecule has 0 unspecified atom stereocenters. The van der Waals surface area contributed by atoms with Gasteiger partial charge >= 0.3 is 10.2 Å². The van der Waals surface area contributed by atoms with Crippen LogP contribution in [0.5, 0.6) is 11.5 Å². The van der Waals surface area contributed by atoms with E-state index in [0.717, 1.165) is 15.4 Å². The first kappa shape index (κ1) is 23.0. The second kappa shape index (κ2) is 9.45. The van der Waals surface area contributed by atoms with E-state index in [4.69, 9.17) is 15.2 Å². The number of carbonyl (C=O) groups excluding carboxylic acids is 1. The molecular weight excluding hydrogens is 418 g/mol. The van der Waals surface area contributed by atoms with Gasteiger partial charge in [-0.05, 0) is 23.3 Å². The summed E-state index contributed by atoms with van der Waals surface area (Å²) >= 11 is 0. The third-order valence-electron chi connectivity index (χ3n) is 4.62. The third-order valence-corrected chi connectivity index (χ3v) is 6.42. The Labute approximate surface area is 176 Å². The van der Waals surface area contributed by atoms with Gasteiger partial charge in [-0.2, -0.15) is 12.7 Å². The van der Waals surface area contributed by atoms with E-state index in [1.165, 1.54) is 18.5 Å². The van der Waals surface area contributed by atoms with Gasteiger partial charge in [0.15, 0.2) is 0 Å². The van der Waals surface area contributed by atoms with Crippen LogP contribution in [0.4, 0.5) is 0 Å². The molecule has 3 rings (SSSR count). The number of benzene rings is 2. The molecule has 0 atom stereocenters. The lowest BCUT2D eigenvalue weighted by atomic mass is 10.1. The van der Waals surface area contributed by atoms with Crippen LogP contribution >= 0.6 is 12.4 Å². The average molecular weight is 442 g/mol. The van der Waals surface area contributed by atoms with Gasteiger partial charge in [0.2, 0.25) is 0 Å². The molecule has 1 fully saturated rings. The number of nitrogens with two attached hydrogens (primary N) is 1. The molecule has 158 valence electrons. The summed E-state index contributed by atoms with van der Waals surface area (Å²) in [4.78, 5) is 12.4. The van der Waals surface area contributed by atoms with Gasteiger partial charge in [-0.1, -0.05) is 24.3 Å². The number of hydrogen-bond acceptors (Lipinski definition) is 6. The van der Waals surface area contributed by atoms with Gasteiger partial charge in [-0.15, -0.1) is 12.4 Å². The molecule has 8 nitrogen and oxygen atoms in total. The van der Waals surface area contributed by atoms with Crippen LogP contribution in [0.2, 0.25) is 0 Å². The van der Waals surface area contributed by atoms with Crippen molar-refractivity contribution in [2.45, 2.75) is 19.6 Å². The Kier molecular flexibility index (Phi) is 7.48. The summed E-state index contributed by atoms with van der Waals surface area (Å²) in [7, 11) is -0.914. The lowest BCUT2D eigenvalue weighted by Crippen LogP contribution is -2.33. The smallest absolute Gasteiger partial charge is 0.307 e. The van der Waals surface area contributed by atoms with E-state index in [9.17, 15) is 13.2 Å². The SMILES string of the molecule is COc1ccc(CN2C(=O)CN(Cc3ccc(CN)cc3)S2(=O)=O)c(OC)c1.Cl. The van der Waals surface area contributed by atoms with Crippen molar-refractivity contribution in [2.24, 2.45) is 5.73 Å². The van der Waals surface area contributed by atoms with E-state index in [1.807, 2.05) is 24.3 Å². The van der Waals surface area contributed by atoms with E-state index in [-0.39, 0.29) is 32.0 Å². The molecule has 0 saturated carbocycles. The van der Waals surface area contributed by atoms with Gasteiger partial charge in [-0.3, -0.25) is 4.79 Å². The van der Waals surface area contributed by atoms with E-state index in [0.29, 0.717) is 23.6 Å². The number of amides is 1. The maximum Gasteiger partial charge on any atom is 0.307 e. The Balaban J connectivity index is 0.00000300. The van der Waals surface area contributed by atoms with Crippen molar-refractivity contribution in [1.82, 2.24) is 8.61 Å². The maximum absolute atomic E-state index is 12.9. The Morgan fingerprint density at radius 3 is 2.24 bits per heavy atom. The fourth-order valence-electron chi connectivity index (χ4n) is 3.01. The minimum Gasteiger partial charge on any atom is -0.497 e. The summed E-state index contributed by atoms with van der Waals surface area (Å²) in [5.74, 6) is 0.563. The number of hydrogen-bond donors (Lipinski definition) is 1. The van der Waals surface area contributed by atoms with Crippen LogP contribution in [0.15, 0.2) is 42.5 Å². The standard InChI is InChI=1S/C19H23N3O5S.ClH/c1-26-17-8-7-16(18(9-17)27-2)12-22-19(23)13-21(28(22,24)25)11-15-5-3-14(10-20)4-6-15;/h3-9H,10-13,20H2,1-2H3;1H. The highest BCUT2D eigenvalue weighted by molar-refractivity contribution is 7.87. The maximum atomic E-state index is 12.9. The minimum atomic E-state index is -3.92. The van der Waals surface area contributed by atoms with Crippen LogP contribution in [-0.4, -0.2) is 43.7 Å². The van der Waals surface area contributed by atoms with Crippen molar-refractivity contribution < 1.29 is 22.7 Å². The van der Waals surface area contributed by atoms with Gasteiger partial charge < -0.3 is 15.2 Å². The molecule has 0 spiro atoms. The van der Waals surface area contributed by atoms with Crippen LogP contribution in [0.1, 0.15) is 16.7 Å². The minimum absolute atomic E-state index is 0. The predicted octanol–water partition coefficient (Wildman–Crippen LogP) is 1.67. The molecule has 0 bridgehead atoms. The van der Waals surface area contributed by atoms with Crippen LogP contribution in [0.25, 0.3) is 0 Å². The number of rotatable bonds is 7. The van der Waals surface area contributed by atoms with Crippen molar-refractivity contribution >= 4 is 28.5 Å². The highest BCUT2D eigenvalue weighted by Crippen LogP contribution is 2.29. The lowest BCUT2D eigenvalue weighted by molar-refractivity contribution is -0.125. The Morgan fingerprint density at radius 1 is 1.00 bits per heavy atom. The first-order valence-electron chi connectivity index (χ1n) is 8.68. The third kappa shape index (κ3) is 4.81. The summed E-state index contributed by atoms with van der Waals surface area (Å²) in [6.45, 7) is 0.240. The molecule has 29 heavy (non-hydrogen) atoms. The summed E-state index contributed by atoms with van der Waals surface area (Å²) in [5.41, 5.74) is 7.91. The molecule has 10 heteroatoms. The highest BCUT2D eigenvalue weighted by atomic mass is 35.5. The van der Waals surface area contributed by atoms with Gasteiger partial charge in [-0.25, -0.2) is 4.31 Å². The molecule has 1 aliphatic heterocycles. The highest BCUT2D eigenvalue weighted by Gasteiger charge is 2.42. The molecule has 1 amide bonds. The zero-order valence-electron chi connectivity index (χ0n) is 16.2. The molecule has 2 N–H and O–H groups in total. The molecule has 2 aromatic rings. The molecule has 1 heterocycles. The zero-order chi connectivity index (χ0) is 20.3. The average Bonchev–Trinajstić information content (AvgIpc) is 2.91. The second-order valence-corrected chi connectivity index (χ2v) is 8.23. The fraction of sp³-hybridized carbons (Fsp3) is 0.316. The second-order valence-electron chi connectivity index (χ2n) is 6.37. The van der Waals surface area contributed by atoms with E-state index in [1.54, 1.807) is 18.2 Å². The van der Waals surface area contributed by atoms with Crippen LogP contribution in [-0.2, 0) is 34.6 Å². The van der Waals surface area contributed by atoms with Crippen molar-refractivity contribution in [3.05, 3.63) is 59.2 Å². The van der Waals surface area contributed by atoms with Crippen LogP contribution < -0.4 is 15.2 Å². The Morgan fingerprint density at radius 2 is 1.66 bits per heavy atom. The Bertz CT molecular complexity index is 966. The van der Waals surface area contributed by atoms with Gasteiger partial charge in [0.05, 0.1) is 27.3 Å². The van der Waals surface area contributed by atoms with E-state index >= 15 is 0 Å². The number of halogens is 1.